The fourth-order valence-corrected chi connectivity index (χ4v) is 4.01. The third kappa shape index (κ3) is 4.28. The Balaban J connectivity index is 1.85. The van der Waals surface area contributed by atoms with Crippen molar-refractivity contribution in [3.05, 3.63) is 35.9 Å². The van der Waals surface area contributed by atoms with Gasteiger partial charge >= 0.3 is 0 Å². The maximum absolute atomic E-state index is 12.2. The van der Waals surface area contributed by atoms with Gasteiger partial charge in [-0.25, -0.2) is 13.1 Å². The van der Waals surface area contributed by atoms with E-state index in [1.165, 1.54) is 0 Å². The largest absolute Gasteiger partial charge is 0.341 e. The van der Waals surface area contributed by atoms with Crippen molar-refractivity contribution >= 4 is 15.9 Å². The summed E-state index contributed by atoms with van der Waals surface area (Å²) in [6.45, 7) is 2.99. The molecule has 0 radical (unpaired) electrons. The molecule has 1 aromatic carbocycles. The van der Waals surface area contributed by atoms with Gasteiger partial charge in [-0.05, 0) is 18.4 Å². The molecule has 0 aromatic heterocycles. The van der Waals surface area contributed by atoms with Gasteiger partial charge in [0.2, 0.25) is 15.9 Å². The summed E-state index contributed by atoms with van der Waals surface area (Å²) >= 11 is 0. The Morgan fingerprint density at radius 1 is 1.33 bits per heavy atom. The Hall–Kier alpha value is -1.40. The Morgan fingerprint density at radius 2 is 2.05 bits per heavy atom. The summed E-state index contributed by atoms with van der Waals surface area (Å²) in [5, 5.41) is -0.474. The molecule has 5 nitrogen and oxygen atoms in total. The van der Waals surface area contributed by atoms with Crippen LogP contribution in [-0.4, -0.2) is 44.1 Å². The Morgan fingerprint density at radius 3 is 2.71 bits per heavy atom. The Kier molecular flexibility index (Phi) is 5.36. The second-order valence-electron chi connectivity index (χ2n) is 5.28. The normalized spacial score (nSPS) is 18.9. The molecule has 116 valence electrons. The maximum Gasteiger partial charge on any atom is 0.222 e. The lowest BCUT2D eigenvalue weighted by Gasteiger charge is -2.17. The molecule has 0 bridgehead atoms. The Bertz CT molecular complexity index is 572. The minimum Gasteiger partial charge on any atom is -0.341 e. The molecule has 1 atom stereocenters. The molecule has 1 saturated heterocycles. The van der Waals surface area contributed by atoms with Crippen LogP contribution in [0.15, 0.2) is 30.3 Å². The number of carbonyl (C=O) groups is 1. The molecule has 1 amide bonds. The molecule has 1 aliphatic rings. The van der Waals surface area contributed by atoms with E-state index >= 15 is 0 Å². The number of sulfonamides is 1. The highest BCUT2D eigenvalue weighted by molar-refractivity contribution is 7.90. The molecule has 1 heterocycles. The second kappa shape index (κ2) is 7.04. The first-order valence-corrected chi connectivity index (χ1v) is 8.87. The van der Waals surface area contributed by atoms with Crippen LogP contribution in [0.2, 0.25) is 0 Å². The van der Waals surface area contributed by atoms with Gasteiger partial charge in [-0.2, -0.15) is 0 Å². The number of hydrogen-bond acceptors (Lipinski definition) is 3. The van der Waals surface area contributed by atoms with Crippen LogP contribution in [0.25, 0.3) is 0 Å². The van der Waals surface area contributed by atoms with E-state index in [0.29, 0.717) is 38.9 Å². The summed E-state index contributed by atoms with van der Waals surface area (Å²) in [6, 6.07) is 9.84. The number of aryl methyl sites for hydroxylation is 1. The molecule has 21 heavy (non-hydrogen) atoms. The van der Waals surface area contributed by atoms with E-state index in [1.54, 1.807) is 11.8 Å². The van der Waals surface area contributed by atoms with Gasteiger partial charge in [0, 0.05) is 26.1 Å². The van der Waals surface area contributed by atoms with Gasteiger partial charge in [-0.3, -0.25) is 4.79 Å². The minimum absolute atomic E-state index is 0.0352. The predicted octanol–water partition coefficient (Wildman–Crippen LogP) is 1.16. The van der Waals surface area contributed by atoms with E-state index in [0.717, 1.165) is 5.56 Å². The lowest BCUT2D eigenvalue weighted by Crippen LogP contribution is -2.37. The first kappa shape index (κ1) is 16.0. The summed E-state index contributed by atoms with van der Waals surface area (Å²) in [4.78, 5) is 13.8. The summed E-state index contributed by atoms with van der Waals surface area (Å²) in [7, 11) is -3.29. The lowest BCUT2D eigenvalue weighted by molar-refractivity contribution is -0.130. The summed E-state index contributed by atoms with van der Waals surface area (Å²) in [5.74, 6) is 0.0352. The first-order chi connectivity index (χ1) is 10.0. The van der Waals surface area contributed by atoms with E-state index in [4.69, 9.17) is 0 Å². The van der Waals surface area contributed by atoms with Crippen molar-refractivity contribution in [3.63, 3.8) is 0 Å². The molecule has 6 heteroatoms. The number of carbonyl (C=O) groups excluding carboxylic acids is 1. The molecule has 1 aliphatic heterocycles. The zero-order valence-corrected chi connectivity index (χ0v) is 13.1. The number of amides is 1. The molecular weight excluding hydrogens is 288 g/mol. The van der Waals surface area contributed by atoms with Crippen molar-refractivity contribution in [2.24, 2.45) is 0 Å². The predicted molar refractivity (Wildman–Crippen MR) is 82.3 cm³/mol. The molecule has 1 aromatic rings. The van der Waals surface area contributed by atoms with Crippen molar-refractivity contribution in [3.8, 4) is 0 Å². The average Bonchev–Trinajstić information content (AvgIpc) is 2.96. The number of likely N-dealkylation sites (tertiary alicyclic amines) is 1. The van der Waals surface area contributed by atoms with Crippen LogP contribution < -0.4 is 4.72 Å². The van der Waals surface area contributed by atoms with Crippen LogP contribution in [-0.2, 0) is 21.2 Å². The van der Waals surface area contributed by atoms with Crippen LogP contribution in [0.4, 0.5) is 0 Å². The van der Waals surface area contributed by atoms with Crippen LogP contribution in [0.5, 0.6) is 0 Å². The topological polar surface area (TPSA) is 66.5 Å². The summed E-state index contributed by atoms with van der Waals surface area (Å²) < 4.78 is 26.4. The molecule has 1 fully saturated rings. The van der Waals surface area contributed by atoms with Crippen molar-refractivity contribution in [1.29, 1.82) is 0 Å². The van der Waals surface area contributed by atoms with Crippen molar-refractivity contribution in [2.45, 2.75) is 31.4 Å². The molecular formula is C15H22N2O3S. The summed E-state index contributed by atoms with van der Waals surface area (Å²) in [6.07, 6.45) is 1.64. The molecule has 0 unspecified atom stereocenters. The van der Waals surface area contributed by atoms with Crippen molar-refractivity contribution < 1.29 is 13.2 Å². The van der Waals surface area contributed by atoms with E-state index in [1.807, 2.05) is 30.3 Å². The minimum atomic E-state index is -3.29. The maximum atomic E-state index is 12.2. The van der Waals surface area contributed by atoms with Gasteiger partial charge in [0.15, 0.2) is 0 Å². The number of hydrogen-bond donors (Lipinski definition) is 1. The third-order valence-corrected chi connectivity index (χ3v) is 5.71. The van der Waals surface area contributed by atoms with Gasteiger partial charge in [0.25, 0.3) is 0 Å². The zero-order valence-electron chi connectivity index (χ0n) is 12.3. The first-order valence-electron chi connectivity index (χ1n) is 7.33. The standard InChI is InChI=1S/C15H22N2O3S/c1-2-16-21(19,20)14-10-11-17(12-14)15(18)9-8-13-6-4-3-5-7-13/h3-7,14,16H,2,8-12H2,1H3/t14-/m1/s1. The molecule has 2 rings (SSSR count). The highest BCUT2D eigenvalue weighted by Gasteiger charge is 2.34. The SMILES string of the molecule is CCNS(=O)(=O)[C@@H]1CCN(C(=O)CCc2ccccc2)C1. The highest BCUT2D eigenvalue weighted by Crippen LogP contribution is 2.17. The van der Waals surface area contributed by atoms with Crippen molar-refractivity contribution in [2.75, 3.05) is 19.6 Å². The number of rotatable bonds is 6. The Labute approximate surface area is 126 Å². The van der Waals surface area contributed by atoms with E-state index in [9.17, 15) is 13.2 Å². The average molecular weight is 310 g/mol. The third-order valence-electron chi connectivity index (χ3n) is 3.75. The fourth-order valence-electron chi connectivity index (χ4n) is 2.58. The lowest BCUT2D eigenvalue weighted by atomic mass is 10.1. The quantitative estimate of drug-likeness (QED) is 0.857. The van der Waals surface area contributed by atoms with Gasteiger partial charge in [0.1, 0.15) is 0 Å². The van der Waals surface area contributed by atoms with Crippen LogP contribution >= 0.6 is 0 Å². The van der Waals surface area contributed by atoms with Crippen LogP contribution in [0.1, 0.15) is 25.3 Å². The monoisotopic (exact) mass is 310 g/mol. The number of nitrogens with one attached hydrogen (secondary N) is 1. The molecule has 0 aliphatic carbocycles. The number of benzene rings is 1. The van der Waals surface area contributed by atoms with Gasteiger partial charge in [0.05, 0.1) is 5.25 Å². The van der Waals surface area contributed by atoms with Crippen molar-refractivity contribution in [1.82, 2.24) is 9.62 Å². The molecule has 0 saturated carbocycles. The molecule has 1 N–H and O–H groups in total. The zero-order chi connectivity index (χ0) is 15.3. The van der Waals surface area contributed by atoms with E-state index in [2.05, 4.69) is 4.72 Å². The fraction of sp³-hybridized carbons (Fsp3) is 0.533. The highest BCUT2D eigenvalue weighted by atomic mass is 32.2. The van der Waals surface area contributed by atoms with Gasteiger partial charge in [-0.1, -0.05) is 37.3 Å². The van der Waals surface area contributed by atoms with Crippen LogP contribution in [0, 0.1) is 0 Å². The smallest absolute Gasteiger partial charge is 0.222 e. The number of nitrogens with zero attached hydrogens (tertiary/aromatic N) is 1. The van der Waals surface area contributed by atoms with Gasteiger partial charge < -0.3 is 4.90 Å². The summed E-state index contributed by atoms with van der Waals surface area (Å²) in [5.41, 5.74) is 1.13. The molecule has 0 spiro atoms. The van der Waals surface area contributed by atoms with E-state index in [-0.39, 0.29) is 5.91 Å². The van der Waals surface area contributed by atoms with E-state index < -0.39 is 15.3 Å². The van der Waals surface area contributed by atoms with Gasteiger partial charge in [-0.15, -0.1) is 0 Å². The second-order valence-corrected chi connectivity index (χ2v) is 7.32. The van der Waals surface area contributed by atoms with Crippen LogP contribution in [0.3, 0.4) is 0 Å².